The van der Waals surface area contributed by atoms with Gasteiger partial charge < -0.3 is 5.32 Å². The number of rotatable bonds is 3. The SMILES string of the molecule is CC1(C)CCCC(NCC2CCSCC2)CC1. The molecule has 1 aliphatic carbocycles. The molecule has 1 atom stereocenters. The van der Waals surface area contributed by atoms with Crippen LogP contribution in [0.15, 0.2) is 0 Å². The number of thioether (sulfide) groups is 1. The predicted molar refractivity (Wildman–Crippen MR) is 78.7 cm³/mol. The zero-order valence-corrected chi connectivity index (χ0v) is 12.5. The Balaban J connectivity index is 1.68. The highest BCUT2D eigenvalue weighted by atomic mass is 32.2. The summed E-state index contributed by atoms with van der Waals surface area (Å²) < 4.78 is 0. The van der Waals surface area contributed by atoms with E-state index in [4.69, 9.17) is 0 Å². The van der Waals surface area contributed by atoms with Crippen molar-refractivity contribution in [3.8, 4) is 0 Å². The van der Waals surface area contributed by atoms with Crippen LogP contribution in [0.5, 0.6) is 0 Å². The van der Waals surface area contributed by atoms with Crippen LogP contribution in [0.1, 0.15) is 58.8 Å². The molecule has 1 N–H and O–H groups in total. The molecule has 0 aromatic carbocycles. The fourth-order valence-electron chi connectivity index (χ4n) is 3.15. The second kappa shape index (κ2) is 6.47. The average Bonchev–Trinajstić information content (AvgIpc) is 2.49. The largest absolute Gasteiger partial charge is 0.314 e. The minimum absolute atomic E-state index is 0.595. The fraction of sp³-hybridized carbons (Fsp3) is 1.00. The van der Waals surface area contributed by atoms with Gasteiger partial charge in [0.1, 0.15) is 0 Å². The molecule has 0 bridgehead atoms. The van der Waals surface area contributed by atoms with Crippen LogP contribution in [0.25, 0.3) is 0 Å². The van der Waals surface area contributed by atoms with Gasteiger partial charge in [-0.05, 0) is 67.9 Å². The van der Waals surface area contributed by atoms with Gasteiger partial charge in [-0.15, -0.1) is 0 Å². The molecule has 2 heteroatoms. The fourth-order valence-corrected chi connectivity index (χ4v) is 4.35. The van der Waals surface area contributed by atoms with Gasteiger partial charge in [0.05, 0.1) is 0 Å². The van der Waals surface area contributed by atoms with Crippen LogP contribution in [-0.2, 0) is 0 Å². The van der Waals surface area contributed by atoms with Gasteiger partial charge in [-0.3, -0.25) is 0 Å². The molecule has 2 fully saturated rings. The summed E-state index contributed by atoms with van der Waals surface area (Å²) in [7, 11) is 0. The second-order valence-corrected chi connectivity index (χ2v) is 7.98. The first kappa shape index (κ1) is 13.7. The van der Waals surface area contributed by atoms with Crippen LogP contribution in [-0.4, -0.2) is 24.1 Å². The Morgan fingerprint density at radius 1 is 1.06 bits per heavy atom. The summed E-state index contributed by atoms with van der Waals surface area (Å²) in [4.78, 5) is 0. The predicted octanol–water partition coefficient (Wildman–Crippen LogP) is 4.08. The lowest BCUT2D eigenvalue weighted by atomic mass is 9.85. The average molecular weight is 255 g/mol. The highest BCUT2D eigenvalue weighted by Crippen LogP contribution is 2.33. The lowest BCUT2D eigenvalue weighted by molar-refractivity contribution is 0.307. The van der Waals surface area contributed by atoms with Crippen LogP contribution in [0, 0.1) is 11.3 Å². The first-order valence-electron chi connectivity index (χ1n) is 7.47. The van der Waals surface area contributed by atoms with E-state index in [0.29, 0.717) is 5.41 Å². The van der Waals surface area contributed by atoms with E-state index in [2.05, 4.69) is 30.9 Å². The van der Waals surface area contributed by atoms with Gasteiger partial charge in [-0.1, -0.05) is 20.3 Å². The third kappa shape index (κ3) is 4.82. The molecule has 1 aliphatic heterocycles. The van der Waals surface area contributed by atoms with Crippen molar-refractivity contribution in [1.29, 1.82) is 0 Å². The van der Waals surface area contributed by atoms with Crippen molar-refractivity contribution in [3.05, 3.63) is 0 Å². The number of nitrogens with one attached hydrogen (secondary N) is 1. The molecule has 2 rings (SSSR count). The van der Waals surface area contributed by atoms with Crippen LogP contribution >= 0.6 is 11.8 Å². The maximum atomic E-state index is 3.86. The molecule has 17 heavy (non-hydrogen) atoms. The standard InChI is InChI=1S/C15H29NS/c1-15(2)8-3-4-14(5-9-15)16-12-13-6-10-17-11-7-13/h13-14,16H,3-12H2,1-2H3. The van der Waals surface area contributed by atoms with Crippen molar-refractivity contribution in [2.45, 2.75) is 64.8 Å². The molecule has 1 unspecified atom stereocenters. The summed E-state index contributed by atoms with van der Waals surface area (Å²) in [5.41, 5.74) is 0.595. The van der Waals surface area contributed by atoms with Gasteiger partial charge in [-0.25, -0.2) is 0 Å². The zero-order chi connectivity index (χ0) is 12.1. The first-order valence-corrected chi connectivity index (χ1v) is 8.62. The minimum atomic E-state index is 0.595. The quantitative estimate of drug-likeness (QED) is 0.763. The van der Waals surface area contributed by atoms with Gasteiger partial charge in [0.15, 0.2) is 0 Å². The van der Waals surface area contributed by atoms with Gasteiger partial charge in [0.2, 0.25) is 0 Å². The molecule has 1 nitrogen and oxygen atoms in total. The van der Waals surface area contributed by atoms with E-state index in [0.717, 1.165) is 12.0 Å². The Bertz CT molecular complexity index is 221. The van der Waals surface area contributed by atoms with Crippen molar-refractivity contribution in [3.63, 3.8) is 0 Å². The normalized spacial score (nSPS) is 31.1. The lowest BCUT2D eigenvalue weighted by Crippen LogP contribution is -2.34. The van der Waals surface area contributed by atoms with Crippen molar-refractivity contribution in [1.82, 2.24) is 5.32 Å². The van der Waals surface area contributed by atoms with Crippen molar-refractivity contribution >= 4 is 11.8 Å². The van der Waals surface area contributed by atoms with Crippen LogP contribution in [0.4, 0.5) is 0 Å². The Hall–Kier alpha value is 0.310. The molecule has 2 aliphatic rings. The van der Waals surface area contributed by atoms with E-state index < -0.39 is 0 Å². The molecule has 0 spiro atoms. The van der Waals surface area contributed by atoms with Crippen LogP contribution in [0.2, 0.25) is 0 Å². The van der Waals surface area contributed by atoms with Crippen LogP contribution in [0.3, 0.4) is 0 Å². The highest BCUT2D eigenvalue weighted by Gasteiger charge is 2.24. The summed E-state index contributed by atoms with van der Waals surface area (Å²) in [6, 6.07) is 0.811. The van der Waals surface area contributed by atoms with Gasteiger partial charge >= 0.3 is 0 Å². The van der Waals surface area contributed by atoms with Crippen molar-refractivity contribution < 1.29 is 0 Å². The van der Waals surface area contributed by atoms with E-state index in [-0.39, 0.29) is 0 Å². The summed E-state index contributed by atoms with van der Waals surface area (Å²) >= 11 is 2.14. The number of hydrogen-bond donors (Lipinski definition) is 1. The molecule has 1 saturated carbocycles. The first-order chi connectivity index (χ1) is 8.16. The summed E-state index contributed by atoms with van der Waals surface area (Å²) in [5, 5.41) is 3.86. The van der Waals surface area contributed by atoms with E-state index >= 15 is 0 Å². The minimum Gasteiger partial charge on any atom is -0.314 e. The maximum absolute atomic E-state index is 3.86. The Morgan fingerprint density at radius 3 is 2.59 bits per heavy atom. The molecular weight excluding hydrogens is 226 g/mol. The molecule has 0 aromatic heterocycles. The Labute approximate surface area is 112 Å². The van der Waals surface area contributed by atoms with E-state index in [1.54, 1.807) is 0 Å². The number of hydrogen-bond acceptors (Lipinski definition) is 2. The van der Waals surface area contributed by atoms with E-state index in [1.165, 1.54) is 63.0 Å². The van der Waals surface area contributed by atoms with Crippen molar-refractivity contribution in [2.24, 2.45) is 11.3 Å². The molecular formula is C15H29NS. The third-order valence-corrected chi connectivity index (χ3v) is 5.66. The third-order valence-electron chi connectivity index (χ3n) is 4.61. The molecule has 0 radical (unpaired) electrons. The zero-order valence-electron chi connectivity index (χ0n) is 11.6. The Kier molecular flexibility index (Phi) is 5.23. The smallest absolute Gasteiger partial charge is 0.00673 e. The Morgan fingerprint density at radius 2 is 1.82 bits per heavy atom. The summed E-state index contributed by atoms with van der Waals surface area (Å²) in [6.45, 7) is 6.16. The molecule has 1 saturated heterocycles. The second-order valence-electron chi connectivity index (χ2n) is 6.76. The van der Waals surface area contributed by atoms with Gasteiger partial charge in [0.25, 0.3) is 0 Å². The summed E-state index contributed by atoms with van der Waals surface area (Å²) in [5.74, 6) is 3.75. The van der Waals surface area contributed by atoms with Gasteiger partial charge in [0, 0.05) is 6.04 Å². The van der Waals surface area contributed by atoms with E-state index in [9.17, 15) is 0 Å². The monoisotopic (exact) mass is 255 g/mol. The highest BCUT2D eigenvalue weighted by molar-refractivity contribution is 7.99. The van der Waals surface area contributed by atoms with Gasteiger partial charge in [-0.2, -0.15) is 11.8 Å². The molecule has 0 aromatic rings. The maximum Gasteiger partial charge on any atom is 0.00673 e. The van der Waals surface area contributed by atoms with Crippen molar-refractivity contribution in [2.75, 3.05) is 18.1 Å². The molecule has 100 valence electrons. The molecule has 1 heterocycles. The van der Waals surface area contributed by atoms with E-state index in [1.807, 2.05) is 0 Å². The lowest BCUT2D eigenvalue weighted by Gasteiger charge is -2.25. The summed E-state index contributed by atoms with van der Waals surface area (Å²) in [6.07, 6.45) is 9.94. The molecule has 0 amide bonds. The van der Waals surface area contributed by atoms with Crippen LogP contribution < -0.4 is 5.32 Å². The topological polar surface area (TPSA) is 12.0 Å².